The molecule has 1 aromatic heterocycles. The largest absolute Gasteiger partial charge is 0.437 e. The lowest BCUT2D eigenvalue weighted by atomic mass is 10.1. The van der Waals surface area contributed by atoms with Crippen molar-refractivity contribution >= 4 is 22.4 Å². The summed E-state index contributed by atoms with van der Waals surface area (Å²) in [5, 5.41) is 2.30. The van der Waals surface area contributed by atoms with Crippen molar-refractivity contribution in [1.29, 1.82) is 0 Å². The van der Waals surface area contributed by atoms with Crippen molar-refractivity contribution in [2.24, 2.45) is 0 Å². The van der Waals surface area contributed by atoms with Crippen molar-refractivity contribution < 1.29 is 4.74 Å². The summed E-state index contributed by atoms with van der Waals surface area (Å²) in [4.78, 5) is 8.29. The number of rotatable bonds is 3. The van der Waals surface area contributed by atoms with Crippen LogP contribution in [0.4, 0.5) is 0 Å². The Morgan fingerprint density at radius 1 is 1.00 bits per heavy atom. The number of aromatic nitrogens is 2. The van der Waals surface area contributed by atoms with E-state index < -0.39 is 0 Å². The topological polar surface area (TPSA) is 35.0 Å². The Hall–Kier alpha value is -2.13. The quantitative estimate of drug-likeness (QED) is 0.670. The first-order valence-electron chi connectivity index (χ1n) is 5.89. The first-order valence-corrected chi connectivity index (χ1v) is 6.42. The lowest BCUT2D eigenvalue weighted by molar-refractivity contribution is 0.459. The molecule has 19 heavy (non-hydrogen) atoms. The minimum absolute atomic E-state index is 0.321. The van der Waals surface area contributed by atoms with Crippen LogP contribution in [0.5, 0.6) is 11.6 Å². The van der Waals surface area contributed by atoms with Gasteiger partial charge in [0.05, 0.1) is 17.8 Å². The van der Waals surface area contributed by atoms with Gasteiger partial charge in [-0.1, -0.05) is 30.3 Å². The highest BCUT2D eigenvalue weighted by Gasteiger charge is 2.02. The van der Waals surface area contributed by atoms with E-state index in [1.807, 2.05) is 36.4 Å². The number of alkyl halides is 1. The third kappa shape index (κ3) is 2.66. The SMILES string of the molecule is ClCc1cncc(Oc2ccc3ccccc3c2)n1. The molecule has 0 aliphatic rings. The second-order valence-corrected chi connectivity index (χ2v) is 4.36. The summed E-state index contributed by atoms with van der Waals surface area (Å²) in [6.07, 6.45) is 3.20. The van der Waals surface area contributed by atoms with Gasteiger partial charge in [-0.05, 0) is 22.9 Å². The van der Waals surface area contributed by atoms with Crippen molar-refractivity contribution in [2.75, 3.05) is 0 Å². The molecule has 0 bridgehead atoms. The molecule has 3 rings (SSSR count). The zero-order valence-corrected chi connectivity index (χ0v) is 10.8. The number of hydrogen-bond donors (Lipinski definition) is 0. The molecular weight excluding hydrogens is 260 g/mol. The van der Waals surface area contributed by atoms with E-state index in [-0.39, 0.29) is 0 Å². The van der Waals surface area contributed by atoms with Gasteiger partial charge in [0.15, 0.2) is 0 Å². The average molecular weight is 271 g/mol. The van der Waals surface area contributed by atoms with E-state index in [2.05, 4.69) is 16.0 Å². The van der Waals surface area contributed by atoms with E-state index in [9.17, 15) is 0 Å². The lowest BCUT2D eigenvalue weighted by Crippen LogP contribution is -1.93. The summed E-state index contributed by atoms with van der Waals surface area (Å²) in [5.74, 6) is 1.51. The van der Waals surface area contributed by atoms with Crippen LogP contribution in [0.25, 0.3) is 10.8 Å². The maximum Gasteiger partial charge on any atom is 0.238 e. The second-order valence-electron chi connectivity index (χ2n) is 4.09. The normalized spacial score (nSPS) is 10.6. The van der Waals surface area contributed by atoms with Crippen LogP contribution < -0.4 is 4.74 Å². The Balaban J connectivity index is 1.92. The average Bonchev–Trinajstić information content (AvgIpc) is 2.47. The Morgan fingerprint density at radius 2 is 1.84 bits per heavy atom. The van der Waals surface area contributed by atoms with E-state index in [1.54, 1.807) is 12.4 Å². The fourth-order valence-electron chi connectivity index (χ4n) is 1.85. The Kier molecular flexibility index (Phi) is 3.29. The molecule has 3 aromatic rings. The molecule has 0 aliphatic heterocycles. The maximum absolute atomic E-state index is 5.72. The monoisotopic (exact) mass is 270 g/mol. The van der Waals surface area contributed by atoms with Gasteiger partial charge in [-0.15, -0.1) is 11.6 Å². The van der Waals surface area contributed by atoms with Gasteiger partial charge in [-0.3, -0.25) is 4.98 Å². The number of ether oxygens (including phenoxy) is 1. The van der Waals surface area contributed by atoms with Crippen LogP contribution in [0.15, 0.2) is 54.9 Å². The highest BCUT2D eigenvalue weighted by molar-refractivity contribution is 6.16. The van der Waals surface area contributed by atoms with E-state index in [0.29, 0.717) is 17.5 Å². The molecule has 0 N–H and O–H groups in total. The minimum atomic E-state index is 0.321. The van der Waals surface area contributed by atoms with Gasteiger partial charge in [-0.2, -0.15) is 0 Å². The van der Waals surface area contributed by atoms with Gasteiger partial charge in [0.2, 0.25) is 5.88 Å². The summed E-state index contributed by atoms with van der Waals surface area (Å²) in [5.41, 5.74) is 0.694. The lowest BCUT2D eigenvalue weighted by Gasteiger charge is -2.06. The van der Waals surface area contributed by atoms with Crippen molar-refractivity contribution in [3.05, 3.63) is 60.6 Å². The summed E-state index contributed by atoms with van der Waals surface area (Å²) < 4.78 is 5.70. The molecule has 3 nitrogen and oxygen atoms in total. The van der Waals surface area contributed by atoms with Crippen LogP contribution in [0.3, 0.4) is 0 Å². The van der Waals surface area contributed by atoms with Gasteiger partial charge < -0.3 is 4.74 Å². The third-order valence-corrected chi connectivity index (χ3v) is 3.02. The van der Waals surface area contributed by atoms with Crippen LogP contribution in [0, 0.1) is 0 Å². The minimum Gasteiger partial charge on any atom is -0.437 e. The number of hydrogen-bond acceptors (Lipinski definition) is 3. The zero-order chi connectivity index (χ0) is 13.1. The van der Waals surface area contributed by atoms with E-state index in [1.165, 1.54) is 5.39 Å². The van der Waals surface area contributed by atoms with E-state index >= 15 is 0 Å². The number of fused-ring (bicyclic) bond motifs is 1. The summed E-state index contributed by atoms with van der Waals surface area (Å²) in [6.45, 7) is 0. The van der Waals surface area contributed by atoms with Gasteiger partial charge in [0, 0.05) is 6.20 Å². The van der Waals surface area contributed by atoms with Gasteiger partial charge >= 0.3 is 0 Å². The fourth-order valence-corrected chi connectivity index (χ4v) is 1.98. The second kappa shape index (κ2) is 5.24. The van der Waals surface area contributed by atoms with Gasteiger partial charge in [0.1, 0.15) is 5.75 Å². The fraction of sp³-hybridized carbons (Fsp3) is 0.0667. The molecule has 0 radical (unpaired) electrons. The molecule has 0 saturated heterocycles. The van der Waals surface area contributed by atoms with Crippen LogP contribution in [-0.2, 0) is 5.88 Å². The first kappa shape index (κ1) is 11.9. The van der Waals surface area contributed by atoms with Crippen molar-refractivity contribution in [3.63, 3.8) is 0 Å². The number of benzene rings is 2. The molecule has 1 heterocycles. The molecule has 0 atom stereocenters. The Bertz CT molecular complexity index is 715. The molecule has 0 amide bonds. The third-order valence-electron chi connectivity index (χ3n) is 2.74. The molecule has 0 unspecified atom stereocenters. The Labute approximate surface area is 115 Å². The van der Waals surface area contributed by atoms with Crippen LogP contribution >= 0.6 is 11.6 Å². The first-order chi connectivity index (χ1) is 9.35. The van der Waals surface area contributed by atoms with Crippen LogP contribution in [-0.4, -0.2) is 9.97 Å². The predicted octanol–water partition coefficient (Wildman–Crippen LogP) is 4.16. The molecule has 2 aromatic carbocycles. The highest BCUT2D eigenvalue weighted by Crippen LogP contribution is 2.24. The van der Waals surface area contributed by atoms with E-state index in [4.69, 9.17) is 16.3 Å². The molecule has 0 aliphatic carbocycles. The smallest absolute Gasteiger partial charge is 0.238 e. The standard InChI is InChI=1S/C15H11ClN2O/c16-8-13-9-17-10-15(18-13)19-14-6-5-11-3-1-2-4-12(11)7-14/h1-7,9-10H,8H2. The van der Waals surface area contributed by atoms with Gasteiger partial charge in [0.25, 0.3) is 0 Å². The van der Waals surface area contributed by atoms with Crippen LogP contribution in [0.1, 0.15) is 5.69 Å². The molecule has 0 fully saturated rings. The summed E-state index contributed by atoms with van der Waals surface area (Å²) >= 11 is 5.72. The predicted molar refractivity (Wildman–Crippen MR) is 75.6 cm³/mol. The summed E-state index contributed by atoms with van der Waals surface area (Å²) in [7, 11) is 0. The van der Waals surface area contributed by atoms with Gasteiger partial charge in [-0.25, -0.2) is 4.98 Å². The molecule has 0 spiro atoms. The maximum atomic E-state index is 5.72. The highest BCUT2D eigenvalue weighted by atomic mass is 35.5. The molecular formula is C15H11ClN2O. The van der Waals surface area contributed by atoms with Crippen molar-refractivity contribution in [2.45, 2.75) is 5.88 Å². The summed E-state index contributed by atoms with van der Waals surface area (Å²) in [6, 6.07) is 14.0. The molecule has 94 valence electrons. The van der Waals surface area contributed by atoms with Crippen molar-refractivity contribution in [3.8, 4) is 11.6 Å². The molecule has 4 heteroatoms. The Morgan fingerprint density at radius 3 is 2.68 bits per heavy atom. The van der Waals surface area contributed by atoms with E-state index in [0.717, 1.165) is 11.1 Å². The molecule has 0 saturated carbocycles. The van der Waals surface area contributed by atoms with Crippen LogP contribution in [0.2, 0.25) is 0 Å². The zero-order valence-electron chi connectivity index (χ0n) is 10.1. The van der Waals surface area contributed by atoms with Crippen molar-refractivity contribution in [1.82, 2.24) is 9.97 Å². The number of nitrogens with zero attached hydrogens (tertiary/aromatic N) is 2. The number of halogens is 1.